The predicted octanol–water partition coefficient (Wildman–Crippen LogP) is 5.15. The van der Waals surface area contributed by atoms with E-state index in [0.717, 1.165) is 10.9 Å². The van der Waals surface area contributed by atoms with Crippen molar-refractivity contribution in [2.45, 2.75) is 19.4 Å². The van der Waals surface area contributed by atoms with Gasteiger partial charge in [0.2, 0.25) is 5.88 Å². The minimum absolute atomic E-state index is 0.0384. The van der Waals surface area contributed by atoms with Gasteiger partial charge >= 0.3 is 5.97 Å². The van der Waals surface area contributed by atoms with Crippen molar-refractivity contribution in [1.82, 2.24) is 9.97 Å². The number of halogens is 1. The highest BCUT2D eigenvalue weighted by atomic mass is 35.5. The number of ether oxygens (including phenoxy) is 1. The number of fused-ring (bicyclic) bond motifs is 2. The third kappa shape index (κ3) is 3.43. The van der Waals surface area contributed by atoms with Crippen LogP contribution in [0.15, 0.2) is 54.7 Å². The lowest BCUT2D eigenvalue weighted by Gasteiger charge is -2.27. The first-order valence-corrected chi connectivity index (χ1v) is 9.24. The van der Waals surface area contributed by atoms with E-state index in [4.69, 9.17) is 16.3 Å². The van der Waals surface area contributed by atoms with Crippen molar-refractivity contribution in [1.29, 1.82) is 0 Å². The average molecular weight is 409 g/mol. The summed E-state index contributed by atoms with van der Waals surface area (Å²) in [6, 6.07) is 14.2. The minimum Gasteiger partial charge on any atom is -0.506 e. The summed E-state index contributed by atoms with van der Waals surface area (Å²) in [7, 11) is 0. The Kier molecular flexibility index (Phi) is 4.51. The highest BCUT2D eigenvalue weighted by Crippen LogP contribution is 2.36. The van der Waals surface area contributed by atoms with Crippen LogP contribution in [0, 0.1) is 0 Å². The Hall–Kier alpha value is -3.38. The number of nitrogens with zero attached hydrogens (tertiary/aromatic N) is 2. The van der Waals surface area contributed by atoms with Crippen LogP contribution in [0.25, 0.3) is 21.5 Å². The number of carboxylic acid groups (broad SMARTS) is 1. The van der Waals surface area contributed by atoms with E-state index in [0.29, 0.717) is 16.2 Å². The first kappa shape index (κ1) is 19.0. The molecule has 29 heavy (non-hydrogen) atoms. The van der Waals surface area contributed by atoms with Crippen LogP contribution >= 0.6 is 11.6 Å². The van der Waals surface area contributed by atoms with E-state index >= 15 is 0 Å². The maximum absolute atomic E-state index is 11.5. The highest BCUT2D eigenvalue weighted by molar-refractivity contribution is 6.34. The lowest BCUT2D eigenvalue weighted by Crippen LogP contribution is -2.26. The number of aromatic nitrogens is 2. The second-order valence-electron chi connectivity index (χ2n) is 7.15. The lowest BCUT2D eigenvalue weighted by molar-refractivity contribution is 0.0682. The van der Waals surface area contributed by atoms with Gasteiger partial charge in [-0.2, -0.15) is 0 Å². The summed E-state index contributed by atoms with van der Waals surface area (Å²) in [5, 5.41) is 22.3. The van der Waals surface area contributed by atoms with Crippen molar-refractivity contribution in [2.75, 3.05) is 0 Å². The Bertz CT molecular complexity index is 1270. The van der Waals surface area contributed by atoms with Crippen LogP contribution in [0.3, 0.4) is 0 Å². The number of aromatic carboxylic acids is 1. The van der Waals surface area contributed by atoms with Crippen molar-refractivity contribution < 1.29 is 19.7 Å². The van der Waals surface area contributed by atoms with Gasteiger partial charge in [-0.25, -0.2) is 14.8 Å². The monoisotopic (exact) mass is 408 g/mol. The highest BCUT2D eigenvalue weighted by Gasteiger charge is 2.26. The maximum atomic E-state index is 11.5. The largest absolute Gasteiger partial charge is 0.506 e. The van der Waals surface area contributed by atoms with Crippen LogP contribution in [-0.2, 0) is 5.60 Å². The first-order chi connectivity index (χ1) is 13.8. The molecule has 0 atom stereocenters. The molecule has 146 valence electrons. The molecule has 6 nitrogen and oxygen atoms in total. The fourth-order valence-corrected chi connectivity index (χ4v) is 3.43. The summed E-state index contributed by atoms with van der Waals surface area (Å²) >= 11 is 6.20. The van der Waals surface area contributed by atoms with Crippen molar-refractivity contribution in [3.63, 3.8) is 0 Å². The number of benzene rings is 2. The van der Waals surface area contributed by atoms with E-state index in [-0.39, 0.29) is 22.5 Å². The number of carboxylic acids is 1. The fraction of sp³-hybridized carbons (Fsp3) is 0.136. The molecule has 0 amide bonds. The van der Waals surface area contributed by atoms with E-state index in [1.54, 1.807) is 12.1 Å². The summed E-state index contributed by atoms with van der Waals surface area (Å²) in [6.45, 7) is 3.70. The molecule has 0 aliphatic rings. The minimum atomic E-state index is -1.13. The zero-order chi connectivity index (χ0) is 20.8. The van der Waals surface area contributed by atoms with Crippen LogP contribution < -0.4 is 4.74 Å². The van der Waals surface area contributed by atoms with Gasteiger partial charge in [-0.05, 0) is 43.0 Å². The molecule has 0 saturated heterocycles. The van der Waals surface area contributed by atoms with Crippen molar-refractivity contribution >= 4 is 39.1 Å². The predicted molar refractivity (Wildman–Crippen MR) is 111 cm³/mol. The first-order valence-electron chi connectivity index (χ1n) is 8.86. The number of pyridine rings is 2. The topological polar surface area (TPSA) is 92.5 Å². The SMILES string of the molecule is CC(C)(Oc1nc(C(=O)O)cc2ccccc12)c1ccc2c(O)cnc(Cl)c2c1. The molecular weight excluding hydrogens is 392 g/mol. The van der Waals surface area contributed by atoms with E-state index in [9.17, 15) is 15.0 Å². The molecule has 0 unspecified atom stereocenters. The van der Waals surface area contributed by atoms with Gasteiger partial charge < -0.3 is 14.9 Å². The van der Waals surface area contributed by atoms with Crippen LogP contribution in [0.5, 0.6) is 11.6 Å². The molecule has 2 heterocycles. The van der Waals surface area contributed by atoms with Gasteiger partial charge in [0, 0.05) is 16.2 Å². The van der Waals surface area contributed by atoms with Crippen molar-refractivity contribution in [3.05, 3.63) is 71.1 Å². The molecule has 0 aliphatic carbocycles. The van der Waals surface area contributed by atoms with Crippen LogP contribution in [0.4, 0.5) is 0 Å². The maximum Gasteiger partial charge on any atom is 0.354 e. The molecule has 2 N–H and O–H groups in total. The zero-order valence-electron chi connectivity index (χ0n) is 15.7. The Morgan fingerprint density at radius 1 is 1.07 bits per heavy atom. The van der Waals surface area contributed by atoms with Gasteiger partial charge in [-0.15, -0.1) is 0 Å². The zero-order valence-corrected chi connectivity index (χ0v) is 16.4. The second-order valence-corrected chi connectivity index (χ2v) is 7.50. The van der Waals surface area contributed by atoms with Gasteiger partial charge in [0.15, 0.2) is 5.69 Å². The molecule has 0 spiro atoms. The van der Waals surface area contributed by atoms with Crippen LogP contribution in [0.2, 0.25) is 5.15 Å². The quantitative estimate of drug-likeness (QED) is 0.453. The Morgan fingerprint density at radius 3 is 2.59 bits per heavy atom. The number of hydrogen-bond acceptors (Lipinski definition) is 5. The van der Waals surface area contributed by atoms with Gasteiger partial charge in [-0.3, -0.25) is 0 Å². The third-order valence-corrected chi connectivity index (χ3v) is 5.09. The van der Waals surface area contributed by atoms with E-state index in [1.807, 2.05) is 44.2 Å². The summed E-state index contributed by atoms with van der Waals surface area (Å²) in [6.07, 6.45) is 1.30. The summed E-state index contributed by atoms with van der Waals surface area (Å²) in [5.41, 5.74) is -0.188. The van der Waals surface area contributed by atoms with Gasteiger partial charge in [0.25, 0.3) is 0 Å². The van der Waals surface area contributed by atoms with Gasteiger partial charge in [-0.1, -0.05) is 41.9 Å². The van der Waals surface area contributed by atoms with Crippen LogP contribution in [0.1, 0.15) is 29.9 Å². The number of carbonyl (C=O) groups is 1. The third-order valence-electron chi connectivity index (χ3n) is 4.79. The van der Waals surface area contributed by atoms with E-state index in [2.05, 4.69) is 9.97 Å². The van der Waals surface area contributed by atoms with Gasteiger partial charge in [0.1, 0.15) is 16.5 Å². The van der Waals surface area contributed by atoms with E-state index in [1.165, 1.54) is 12.3 Å². The number of aromatic hydroxyl groups is 1. The fourth-order valence-electron chi connectivity index (χ4n) is 3.22. The number of hydrogen-bond donors (Lipinski definition) is 2. The molecule has 0 saturated carbocycles. The molecule has 2 aromatic carbocycles. The molecule has 0 fully saturated rings. The number of rotatable bonds is 4. The molecule has 2 aromatic heterocycles. The van der Waals surface area contributed by atoms with Gasteiger partial charge in [0.05, 0.1) is 6.20 Å². The van der Waals surface area contributed by atoms with Crippen molar-refractivity contribution in [2.24, 2.45) is 0 Å². The summed E-state index contributed by atoms with van der Waals surface area (Å²) in [5.74, 6) is -0.861. The molecular formula is C22H17ClN2O4. The summed E-state index contributed by atoms with van der Waals surface area (Å²) < 4.78 is 6.21. The lowest BCUT2D eigenvalue weighted by atomic mass is 9.95. The average Bonchev–Trinajstić information content (AvgIpc) is 2.70. The molecule has 0 aliphatic heterocycles. The molecule has 4 rings (SSSR count). The molecule has 7 heteroatoms. The molecule has 4 aromatic rings. The molecule has 0 bridgehead atoms. The molecule has 0 radical (unpaired) electrons. The Morgan fingerprint density at radius 2 is 1.83 bits per heavy atom. The van der Waals surface area contributed by atoms with E-state index < -0.39 is 11.6 Å². The Balaban J connectivity index is 1.82. The second kappa shape index (κ2) is 6.90. The Labute approximate surface area is 171 Å². The van der Waals surface area contributed by atoms with Crippen LogP contribution in [-0.4, -0.2) is 26.2 Å². The van der Waals surface area contributed by atoms with Crippen molar-refractivity contribution in [3.8, 4) is 11.6 Å². The smallest absolute Gasteiger partial charge is 0.354 e. The standard InChI is InChI=1S/C22H17ClN2O4/c1-22(2,13-7-8-15-16(10-13)19(23)24-11-18(15)26)29-20-14-6-4-3-5-12(14)9-17(25-20)21(27)28/h3-11,26H,1-2H3,(H,27,28). The normalized spacial score (nSPS) is 11.7. The summed E-state index contributed by atoms with van der Waals surface area (Å²) in [4.78, 5) is 19.7.